The summed E-state index contributed by atoms with van der Waals surface area (Å²) in [7, 11) is 2.02. The minimum absolute atomic E-state index is 0.0152. The molecule has 0 radical (unpaired) electrons. The van der Waals surface area contributed by atoms with E-state index >= 15 is 0 Å². The van der Waals surface area contributed by atoms with Crippen molar-refractivity contribution < 1.29 is 14.1 Å². The molecule has 31 heavy (non-hydrogen) atoms. The number of hydrogen-bond acceptors (Lipinski definition) is 5. The third-order valence-electron chi connectivity index (χ3n) is 5.08. The van der Waals surface area contributed by atoms with Crippen molar-refractivity contribution in [3.63, 3.8) is 0 Å². The third-order valence-corrected chi connectivity index (χ3v) is 5.08. The fraction of sp³-hybridized carbons (Fsp3) is 0.783. The molecule has 1 aromatic rings. The number of aliphatic imine (C=N–C) groups is 1. The number of alkyl carbamates (subject to hydrolysis) is 1. The van der Waals surface area contributed by atoms with Crippen LogP contribution in [0.5, 0.6) is 0 Å². The Balaban J connectivity index is 2.75. The minimum atomic E-state index is -0.509. The summed E-state index contributed by atoms with van der Waals surface area (Å²) < 4.78 is 10.7. The maximum Gasteiger partial charge on any atom is 0.407 e. The first-order valence-electron chi connectivity index (χ1n) is 11.3. The highest BCUT2D eigenvalue weighted by Gasteiger charge is 2.22. The zero-order chi connectivity index (χ0) is 23.8. The second-order valence-electron chi connectivity index (χ2n) is 9.54. The Kier molecular flexibility index (Phi) is 10.3. The SMILES string of the molecule is CCNC(=NCC(C)c1c(C)noc1C)N(C)CCC(NC(=O)OC(C)(C)C)C(C)C. The number of guanidine groups is 1. The number of amides is 1. The molecule has 8 heteroatoms. The van der Waals surface area contributed by atoms with Gasteiger partial charge in [0.15, 0.2) is 5.96 Å². The average molecular weight is 438 g/mol. The Morgan fingerprint density at radius 1 is 1.26 bits per heavy atom. The topological polar surface area (TPSA) is 92.0 Å². The van der Waals surface area contributed by atoms with Crippen molar-refractivity contribution in [2.45, 2.75) is 86.3 Å². The summed E-state index contributed by atoms with van der Waals surface area (Å²) in [4.78, 5) is 19.1. The van der Waals surface area contributed by atoms with Crippen LogP contribution in [0.2, 0.25) is 0 Å². The van der Waals surface area contributed by atoms with Crippen LogP contribution in [0.25, 0.3) is 0 Å². The van der Waals surface area contributed by atoms with Gasteiger partial charge in [-0.3, -0.25) is 4.99 Å². The molecule has 1 heterocycles. The zero-order valence-electron chi connectivity index (χ0n) is 21.1. The van der Waals surface area contributed by atoms with E-state index in [2.05, 4.69) is 48.4 Å². The van der Waals surface area contributed by atoms with Crippen molar-refractivity contribution in [2.75, 3.05) is 26.7 Å². The summed E-state index contributed by atoms with van der Waals surface area (Å²) in [5, 5.41) is 10.4. The normalized spacial score (nSPS) is 14.4. The first-order valence-corrected chi connectivity index (χ1v) is 11.3. The molecule has 0 aliphatic rings. The van der Waals surface area contributed by atoms with Crippen LogP contribution in [0, 0.1) is 19.8 Å². The van der Waals surface area contributed by atoms with Crippen molar-refractivity contribution in [3.05, 3.63) is 17.0 Å². The van der Waals surface area contributed by atoms with E-state index in [1.54, 1.807) is 0 Å². The number of nitrogens with one attached hydrogen (secondary N) is 2. The Hall–Kier alpha value is -2.25. The van der Waals surface area contributed by atoms with Crippen molar-refractivity contribution in [1.29, 1.82) is 0 Å². The Morgan fingerprint density at radius 3 is 2.39 bits per heavy atom. The molecule has 178 valence electrons. The number of nitrogens with zero attached hydrogens (tertiary/aromatic N) is 3. The Labute approximate surface area is 188 Å². The second kappa shape index (κ2) is 12.0. The number of aryl methyl sites for hydroxylation is 2. The summed E-state index contributed by atoms with van der Waals surface area (Å²) in [5.41, 5.74) is 1.54. The lowest BCUT2D eigenvalue weighted by Gasteiger charge is -2.28. The Bertz CT molecular complexity index is 702. The fourth-order valence-electron chi connectivity index (χ4n) is 3.45. The summed E-state index contributed by atoms with van der Waals surface area (Å²) in [6.45, 7) is 20.1. The van der Waals surface area contributed by atoms with E-state index in [9.17, 15) is 4.79 Å². The van der Waals surface area contributed by atoms with Gasteiger partial charge in [0.1, 0.15) is 11.4 Å². The first-order chi connectivity index (χ1) is 14.4. The lowest BCUT2D eigenvalue weighted by Crippen LogP contribution is -2.45. The molecule has 2 unspecified atom stereocenters. The van der Waals surface area contributed by atoms with E-state index in [-0.39, 0.29) is 18.1 Å². The van der Waals surface area contributed by atoms with Gasteiger partial charge in [-0.1, -0.05) is 25.9 Å². The van der Waals surface area contributed by atoms with Crippen LogP contribution in [-0.4, -0.2) is 60.4 Å². The van der Waals surface area contributed by atoms with Gasteiger partial charge in [0.2, 0.25) is 0 Å². The molecule has 0 saturated heterocycles. The fourth-order valence-corrected chi connectivity index (χ4v) is 3.45. The largest absolute Gasteiger partial charge is 0.444 e. The average Bonchev–Trinajstić information content (AvgIpc) is 2.98. The summed E-state index contributed by atoms with van der Waals surface area (Å²) in [6, 6.07) is 0.0152. The van der Waals surface area contributed by atoms with Crippen LogP contribution in [0.1, 0.15) is 77.8 Å². The van der Waals surface area contributed by atoms with Crippen LogP contribution in [-0.2, 0) is 4.74 Å². The van der Waals surface area contributed by atoms with Gasteiger partial charge in [0, 0.05) is 44.2 Å². The van der Waals surface area contributed by atoms with Gasteiger partial charge < -0.3 is 24.8 Å². The van der Waals surface area contributed by atoms with Crippen molar-refractivity contribution in [3.8, 4) is 0 Å². The van der Waals surface area contributed by atoms with E-state index in [1.165, 1.54) is 0 Å². The first kappa shape index (κ1) is 26.8. The van der Waals surface area contributed by atoms with Crippen molar-refractivity contribution >= 4 is 12.1 Å². The minimum Gasteiger partial charge on any atom is -0.444 e. The van der Waals surface area contributed by atoms with E-state index < -0.39 is 5.60 Å². The molecule has 0 aliphatic heterocycles. The van der Waals surface area contributed by atoms with Gasteiger partial charge >= 0.3 is 6.09 Å². The third kappa shape index (κ3) is 9.19. The molecular formula is C23H43N5O3. The molecule has 8 nitrogen and oxygen atoms in total. The van der Waals surface area contributed by atoms with Gasteiger partial charge in [-0.15, -0.1) is 0 Å². The number of hydrogen-bond donors (Lipinski definition) is 2. The molecule has 0 saturated carbocycles. The van der Waals surface area contributed by atoms with Crippen LogP contribution in [0.15, 0.2) is 9.52 Å². The second-order valence-corrected chi connectivity index (χ2v) is 9.54. The van der Waals surface area contributed by atoms with Crippen molar-refractivity contribution in [2.24, 2.45) is 10.9 Å². The van der Waals surface area contributed by atoms with Gasteiger partial charge in [-0.2, -0.15) is 0 Å². The smallest absolute Gasteiger partial charge is 0.407 e. The molecule has 2 atom stereocenters. The van der Waals surface area contributed by atoms with Crippen LogP contribution in [0.3, 0.4) is 0 Å². The van der Waals surface area contributed by atoms with Gasteiger partial charge in [-0.05, 0) is 53.9 Å². The van der Waals surface area contributed by atoms with E-state index in [4.69, 9.17) is 14.3 Å². The highest BCUT2D eigenvalue weighted by molar-refractivity contribution is 5.79. The molecule has 0 aliphatic carbocycles. The molecule has 0 aromatic carbocycles. The predicted molar refractivity (Wildman–Crippen MR) is 126 cm³/mol. The van der Waals surface area contributed by atoms with Crippen molar-refractivity contribution in [1.82, 2.24) is 20.7 Å². The van der Waals surface area contributed by atoms with E-state index in [0.717, 1.165) is 42.5 Å². The predicted octanol–water partition coefficient (Wildman–Crippen LogP) is 4.23. The maximum absolute atomic E-state index is 12.2. The number of ether oxygens (including phenoxy) is 1. The van der Waals surface area contributed by atoms with Crippen LogP contribution >= 0.6 is 0 Å². The molecule has 1 aromatic heterocycles. The lowest BCUT2D eigenvalue weighted by molar-refractivity contribution is 0.0486. The molecule has 0 spiro atoms. The van der Waals surface area contributed by atoms with Gasteiger partial charge in [0.05, 0.1) is 5.69 Å². The molecule has 0 fully saturated rings. The number of carbonyl (C=O) groups excluding carboxylic acids is 1. The zero-order valence-corrected chi connectivity index (χ0v) is 21.1. The molecule has 0 bridgehead atoms. The van der Waals surface area contributed by atoms with E-state index in [0.29, 0.717) is 12.5 Å². The molecular weight excluding hydrogens is 394 g/mol. The lowest BCUT2D eigenvalue weighted by atomic mass is 10.00. The number of rotatable bonds is 9. The summed E-state index contributed by atoms with van der Waals surface area (Å²) in [5.74, 6) is 2.21. The van der Waals surface area contributed by atoms with Gasteiger partial charge in [0.25, 0.3) is 0 Å². The maximum atomic E-state index is 12.2. The van der Waals surface area contributed by atoms with E-state index in [1.807, 2.05) is 41.7 Å². The molecule has 1 amide bonds. The quantitative estimate of drug-likeness (QED) is 0.444. The highest BCUT2D eigenvalue weighted by atomic mass is 16.6. The number of aromatic nitrogens is 1. The summed E-state index contributed by atoms with van der Waals surface area (Å²) >= 11 is 0. The standard InChI is InChI=1S/C23H43N5O3/c1-11-24-21(25-14-16(4)20-17(5)27-31-18(20)6)28(10)13-12-19(15(2)3)26-22(29)30-23(7,8)9/h15-16,19H,11-14H2,1-10H3,(H,24,25)(H,26,29). The Morgan fingerprint density at radius 2 is 1.90 bits per heavy atom. The monoisotopic (exact) mass is 437 g/mol. The highest BCUT2D eigenvalue weighted by Crippen LogP contribution is 2.23. The van der Waals surface area contributed by atoms with Gasteiger partial charge in [-0.25, -0.2) is 4.79 Å². The number of carbonyl (C=O) groups is 1. The molecule has 1 rings (SSSR count). The molecule has 2 N–H and O–H groups in total. The van der Waals surface area contributed by atoms with Crippen LogP contribution < -0.4 is 10.6 Å². The summed E-state index contributed by atoms with van der Waals surface area (Å²) in [6.07, 6.45) is 0.416. The van der Waals surface area contributed by atoms with Crippen LogP contribution in [0.4, 0.5) is 4.79 Å².